The van der Waals surface area contributed by atoms with Gasteiger partial charge in [-0.05, 0) is 38.5 Å². The zero-order valence-electron chi connectivity index (χ0n) is 13.5. The van der Waals surface area contributed by atoms with Gasteiger partial charge in [0.15, 0.2) is 18.1 Å². The summed E-state index contributed by atoms with van der Waals surface area (Å²) in [5.41, 5.74) is 0.306. The molecular formula is C16H23NO5. The van der Waals surface area contributed by atoms with Gasteiger partial charge in [-0.15, -0.1) is 0 Å². The molecule has 0 bridgehead atoms. The zero-order chi connectivity index (χ0) is 16.5. The quantitative estimate of drug-likeness (QED) is 0.745. The first kappa shape index (κ1) is 17.8. The molecule has 0 spiro atoms. The van der Waals surface area contributed by atoms with Gasteiger partial charge in [0.2, 0.25) is 0 Å². The maximum atomic E-state index is 12.0. The Balaban J connectivity index is 2.65. The van der Waals surface area contributed by atoms with E-state index in [2.05, 4.69) is 5.32 Å². The van der Waals surface area contributed by atoms with Crippen LogP contribution in [0.3, 0.4) is 0 Å². The fraction of sp³-hybridized carbons (Fsp3) is 0.500. The van der Waals surface area contributed by atoms with Gasteiger partial charge < -0.3 is 19.5 Å². The van der Waals surface area contributed by atoms with E-state index in [1.165, 1.54) is 13.2 Å². The van der Waals surface area contributed by atoms with Gasteiger partial charge in [-0.1, -0.05) is 6.92 Å². The smallest absolute Gasteiger partial charge is 0.338 e. The van der Waals surface area contributed by atoms with E-state index in [1.807, 2.05) is 20.8 Å². The van der Waals surface area contributed by atoms with E-state index in [0.717, 1.165) is 6.42 Å². The Labute approximate surface area is 130 Å². The number of esters is 1. The second kappa shape index (κ2) is 8.92. The van der Waals surface area contributed by atoms with Crippen molar-refractivity contribution in [2.75, 3.05) is 20.3 Å². The highest BCUT2D eigenvalue weighted by Gasteiger charge is 2.14. The van der Waals surface area contributed by atoms with Gasteiger partial charge in [-0.3, -0.25) is 4.79 Å². The standard InChI is InChI=1S/C16H23NO5/c1-5-11(3)17-15(18)10-22-16(19)12-7-8-13(20-4)14(9-12)21-6-2/h7-9,11H,5-6,10H2,1-4H3,(H,17,18)/t11-/m0/s1. The molecule has 0 fully saturated rings. The van der Waals surface area contributed by atoms with Crippen LogP contribution in [0.2, 0.25) is 0 Å². The lowest BCUT2D eigenvalue weighted by Gasteiger charge is -2.12. The van der Waals surface area contributed by atoms with E-state index in [-0.39, 0.29) is 18.6 Å². The van der Waals surface area contributed by atoms with Gasteiger partial charge in [-0.2, -0.15) is 0 Å². The molecule has 6 nitrogen and oxygen atoms in total. The summed E-state index contributed by atoms with van der Waals surface area (Å²) >= 11 is 0. The summed E-state index contributed by atoms with van der Waals surface area (Å²) in [5.74, 6) is 0.0978. The van der Waals surface area contributed by atoms with E-state index in [9.17, 15) is 9.59 Å². The number of carbonyl (C=O) groups is 2. The van der Waals surface area contributed by atoms with Crippen LogP contribution in [-0.4, -0.2) is 38.2 Å². The summed E-state index contributed by atoms with van der Waals surface area (Å²) in [6.07, 6.45) is 0.815. The fourth-order valence-electron chi connectivity index (χ4n) is 1.70. The Hall–Kier alpha value is -2.24. The van der Waals surface area contributed by atoms with Crippen LogP contribution in [0.15, 0.2) is 18.2 Å². The molecule has 0 heterocycles. The molecule has 1 rings (SSSR count). The Morgan fingerprint density at radius 3 is 2.55 bits per heavy atom. The molecule has 1 N–H and O–H groups in total. The molecule has 0 saturated heterocycles. The summed E-state index contributed by atoms with van der Waals surface area (Å²) in [6, 6.07) is 4.78. The third-order valence-corrected chi connectivity index (χ3v) is 3.05. The number of hydrogen-bond donors (Lipinski definition) is 1. The number of benzene rings is 1. The molecule has 6 heteroatoms. The molecule has 0 aliphatic rings. The fourth-order valence-corrected chi connectivity index (χ4v) is 1.70. The summed E-state index contributed by atoms with van der Waals surface area (Å²) in [5, 5.41) is 2.73. The number of rotatable bonds is 8. The molecule has 1 amide bonds. The minimum atomic E-state index is -0.581. The first-order chi connectivity index (χ1) is 10.5. The molecule has 1 aromatic rings. The van der Waals surface area contributed by atoms with E-state index < -0.39 is 5.97 Å². The van der Waals surface area contributed by atoms with Crippen molar-refractivity contribution in [1.29, 1.82) is 0 Å². The molecule has 1 atom stereocenters. The van der Waals surface area contributed by atoms with Crippen molar-refractivity contribution in [3.05, 3.63) is 23.8 Å². The van der Waals surface area contributed by atoms with Crippen molar-refractivity contribution in [2.24, 2.45) is 0 Å². The third kappa shape index (κ3) is 5.27. The molecule has 0 aromatic heterocycles. The van der Waals surface area contributed by atoms with Crippen LogP contribution >= 0.6 is 0 Å². The lowest BCUT2D eigenvalue weighted by atomic mass is 10.2. The normalized spacial score (nSPS) is 11.5. The lowest BCUT2D eigenvalue weighted by Crippen LogP contribution is -2.35. The molecule has 0 saturated carbocycles. The minimum absolute atomic E-state index is 0.0525. The molecule has 1 aromatic carbocycles. The number of hydrogen-bond acceptors (Lipinski definition) is 5. The van der Waals surface area contributed by atoms with Crippen molar-refractivity contribution in [2.45, 2.75) is 33.2 Å². The predicted molar refractivity (Wildman–Crippen MR) is 82.3 cm³/mol. The van der Waals surface area contributed by atoms with Crippen LogP contribution in [0.1, 0.15) is 37.6 Å². The van der Waals surface area contributed by atoms with Crippen molar-refractivity contribution < 1.29 is 23.8 Å². The number of nitrogens with one attached hydrogen (secondary N) is 1. The monoisotopic (exact) mass is 309 g/mol. The topological polar surface area (TPSA) is 73.9 Å². The highest BCUT2D eigenvalue weighted by atomic mass is 16.5. The second-order valence-corrected chi connectivity index (χ2v) is 4.75. The highest BCUT2D eigenvalue weighted by molar-refractivity contribution is 5.92. The Morgan fingerprint density at radius 1 is 1.23 bits per heavy atom. The zero-order valence-corrected chi connectivity index (χ0v) is 13.5. The predicted octanol–water partition coefficient (Wildman–Crippen LogP) is 2.17. The maximum Gasteiger partial charge on any atom is 0.338 e. The average Bonchev–Trinajstić information content (AvgIpc) is 2.52. The van der Waals surface area contributed by atoms with Crippen LogP contribution in [0.5, 0.6) is 11.5 Å². The second-order valence-electron chi connectivity index (χ2n) is 4.75. The largest absolute Gasteiger partial charge is 0.493 e. The SMILES string of the molecule is CCOc1cc(C(=O)OCC(=O)N[C@@H](C)CC)ccc1OC. The van der Waals surface area contributed by atoms with Crippen LogP contribution < -0.4 is 14.8 Å². The van der Waals surface area contributed by atoms with Gasteiger partial charge in [0.1, 0.15) is 0 Å². The van der Waals surface area contributed by atoms with Gasteiger partial charge in [0.25, 0.3) is 5.91 Å². The van der Waals surface area contributed by atoms with Crippen LogP contribution in [0.4, 0.5) is 0 Å². The molecule has 0 aliphatic heterocycles. The lowest BCUT2D eigenvalue weighted by molar-refractivity contribution is -0.124. The molecule has 0 aliphatic carbocycles. The van der Waals surface area contributed by atoms with Crippen molar-refractivity contribution in [1.82, 2.24) is 5.32 Å². The molecule has 22 heavy (non-hydrogen) atoms. The van der Waals surface area contributed by atoms with Gasteiger partial charge in [-0.25, -0.2) is 4.79 Å². The summed E-state index contributed by atoms with van der Waals surface area (Å²) in [6.45, 7) is 5.83. The first-order valence-corrected chi connectivity index (χ1v) is 7.29. The average molecular weight is 309 g/mol. The van der Waals surface area contributed by atoms with Crippen molar-refractivity contribution >= 4 is 11.9 Å². The molecular weight excluding hydrogens is 286 g/mol. The Kier molecular flexibility index (Phi) is 7.22. The number of amides is 1. The molecule has 0 unspecified atom stereocenters. The number of methoxy groups -OCH3 is 1. The third-order valence-electron chi connectivity index (χ3n) is 3.05. The van der Waals surface area contributed by atoms with Crippen molar-refractivity contribution in [3.63, 3.8) is 0 Å². The first-order valence-electron chi connectivity index (χ1n) is 7.29. The van der Waals surface area contributed by atoms with Gasteiger partial charge in [0.05, 0.1) is 19.3 Å². The van der Waals surface area contributed by atoms with Crippen molar-refractivity contribution in [3.8, 4) is 11.5 Å². The summed E-state index contributed by atoms with van der Waals surface area (Å²) in [7, 11) is 1.52. The number of carbonyl (C=O) groups excluding carboxylic acids is 2. The molecule has 122 valence electrons. The summed E-state index contributed by atoms with van der Waals surface area (Å²) in [4.78, 5) is 23.5. The van der Waals surface area contributed by atoms with Gasteiger partial charge in [0, 0.05) is 6.04 Å². The van der Waals surface area contributed by atoms with E-state index >= 15 is 0 Å². The van der Waals surface area contributed by atoms with Crippen LogP contribution in [0, 0.1) is 0 Å². The maximum absolute atomic E-state index is 12.0. The van der Waals surface area contributed by atoms with Crippen LogP contribution in [0.25, 0.3) is 0 Å². The Morgan fingerprint density at radius 2 is 1.95 bits per heavy atom. The molecule has 0 radical (unpaired) electrons. The summed E-state index contributed by atoms with van der Waals surface area (Å²) < 4.78 is 15.5. The van der Waals surface area contributed by atoms with Gasteiger partial charge >= 0.3 is 5.97 Å². The van der Waals surface area contributed by atoms with E-state index in [1.54, 1.807) is 12.1 Å². The van der Waals surface area contributed by atoms with Crippen LogP contribution in [-0.2, 0) is 9.53 Å². The highest BCUT2D eigenvalue weighted by Crippen LogP contribution is 2.28. The van der Waals surface area contributed by atoms with E-state index in [4.69, 9.17) is 14.2 Å². The minimum Gasteiger partial charge on any atom is -0.493 e. The Bertz CT molecular complexity index is 515. The van der Waals surface area contributed by atoms with E-state index in [0.29, 0.717) is 23.7 Å². The number of ether oxygens (including phenoxy) is 3.